The van der Waals surface area contributed by atoms with Gasteiger partial charge < -0.3 is 4.74 Å². The first-order valence-corrected chi connectivity index (χ1v) is 11.4. The van der Waals surface area contributed by atoms with Gasteiger partial charge >= 0.3 is 0 Å². The first kappa shape index (κ1) is 21.2. The third kappa shape index (κ3) is 5.15. The molecule has 0 spiro atoms. The van der Waals surface area contributed by atoms with Crippen molar-refractivity contribution in [1.29, 1.82) is 0 Å². The van der Waals surface area contributed by atoms with Crippen LogP contribution in [0.1, 0.15) is 0 Å². The maximum absolute atomic E-state index is 14.1. The van der Waals surface area contributed by atoms with Gasteiger partial charge in [0.1, 0.15) is 11.3 Å². The molecule has 0 N–H and O–H groups in total. The fourth-order valence-electron chi connectivity index (χ4n) is 3.19. The van der Waals surface area contributed by atoms with Gasteiger partial charge in [-0.2, -0.15) is 0 Å². The Morgan fingerprint density at radius 1 is 1.20 bits per heavy atom. The smallest absolute Gasteiger partial charge is 0.239 e. The Labute approximate surface area is 181 Å². The molecule has 0 aliphatic carbocycles. The monoisotopic (exact) mass is 449 g/mol. The molecule has 5 nitrogen and oxygen atoms in total. The van der Waals surface area contributed by atoms with Crippen LogP contribution in [-0.2, 0) is 9.53 Å². The van der Waals surface area contributed by atoms with E-state index in [0.29, 0.717) is 36.1 Å². The Balaban J connectivity index is 1.54. The number of hydrogen-bond acceptors (Lipinski definition) is 6. The first-order chi connectivity index (χ1) is 14.6. The molecule has 0 radical (unpaired) electrons. The molecule has 158 valence electrons. The molecule has 0 bridgehead atoms. The van der Waals surface area contributed by atoms with E-state index in [2.05, 4.69) is 9.88 Å². The molecule has 2 aromatic carbocycles. The molecule has 3 aromatic rings. The van der Waals surface area contributed by atoms with Crippen LogP contribution in [0.4, 0.5) is 13.9 Å². The van der Waals surface area contributed by atoms with Gasteiger partial charge in [-0.3, -0.25) is 14.6 Å². The van der Waals surface area contributed by atoms with Gasteiger partial charge in [0.05, 0.1) is 23.7 Å². The normalized spacial score (nSPS) is 14.9. The molecule has 30 heavy (non-hydrogen) atoms. The van der Waals surface area contributed by atoms with E-state index in [1.807, 2.05) is 30.3 Å². The number of anilines is 1. The number of hydrogen-bond donors (Lipinski definition) is 0. The van der Waals surface area contributed by atoms with Crippen molar-refractivity contribution in [3.63, 3.8) is 0 Å². The fourth-order valence-corrected chi connectivity index (χ4v) is 5.04. The molecule has 0 saturated carbocycles. The molecule has 1 aliphatic rings. The quantitative estimate of drug-likeness (QED) is 0.510. The molecule has 2 heterocycles. The lowest BCUT2D eigenvalue weighted by atomic mass is 10.3. The van der Waals surface area contributed by atoms with Gasteiger partial charge in [0.15, 0.2) is 10.9 Å². The zero-order valence-corrected chi connectivity index (χ0v) is 17.9. The summed E-state index contributed by atoms with van der Waals surface area (Å²) >= 11 is 2.58. The molecule has 1 aromatic heterocycles. The van der Waals surface area contributed by atoms with Crippen molar-refractivity contribution in [3.05, 3.63) is 54.1 Å². The molecule has 9 heteroatoms. The Bertz CT molecular complexity index is 1010. The number of benzene rings is 2. The van der Waals surface area contributed by atoms with Crippen molar-refractivity contribution in [2.24, 2.45) is 0 Å². The van der Waals surface area contributed by atoms with Crippen LogP contribution in [0.2, 0.25) is 0 Å². The summed E-state index contributed by atoms with van der Waals surface area (Å²) in [6, 6.07) is 11.7. The van der Waals surface area contributed by atoms with Crippen LogP contribution in [0.5, 0.6) is 0 Å². The van der Waals surface area contributed by atoms with E-state index in [-0.39, 0.29) is 17.2 Å². The predicted octanol–water partition coefficient (Wildman–Crippen LogP) is 4.03. The highest BCUT2D eigenvalue weighted by molar-refractivity contribution is 8.00. The summed E-state index contributed by atoms with van der Waals surface area (Å²) in [6.07, 6.45) is 0. The average Bonchev–Trinajstić information content (AvgIpc) is 3.18. The number of rotatable bonds is 7. The third-order valence-electron chi connectivity index (χ3n) is 4.78. The lowest BCUT2D eigenvalue weighted by Crippen LogP contribution is -2.43. The van der Waals surface area contributed by atoms with Crippen LogP contribution in [0.3, 0.4) is 0 Å². The van der Waals surface area contributed by atoms with E-state index in [0.717, 1.165) is 35.4 Å². The number of halogens is 2. The minimum absolute atomic E-state index is 0.0938. The number of amides is 1. The van der Waals surface area contributed by atoms with E-state index >= 15 is 0 Å². The first-order valence-electron chi connectivity index (χ1n) is 9.64. The van der Waals surface area contributed by atoms with Gasteiger partial charge in [-0.05, 0) is 18.2 Å². The number of morpholine rings is 1. The molecule has 0 atom stereocenters. The highest BCUT2D eigenvalue weighted by Crippen LogP contribution is 2.32. The van der Waals surface area contributed by atoms with Gasteiger partial charge in [0.25, 0.3) is 0 Å². The second-order valence-electron chi connectivity index (χ2n) is 6.83. The summed E-state index contributed by atoms with van der Waals surface area (Å²) in [5.41, 5.74) is 0.0938. The van der Waals surface area contributed by atoms with Gasteiger partial charge in [-0.25, -0.2) is 13.8 Å². The Morgan fingerprint density at radius 3 is 2.73 bits per heavy atom. The van der Waals surface area contributed by atoms with Gasteiger partial charge in [-0.1, -0.05) is 29.5 Å². The lowest BCUT2D eigenvalue weighted by Gasteiger charge is -2.29. The largest absolute Gasteiger partial charge is 0.379 e. The number of carbonyl (C=O) groups is 1. The van der Waals surface area contributed by atoms with Crippen molar-refractivity contribution < 1.29 is 18.3 Å². The van der Waals surface area contributed by atoms with Gasteiger partial charge in [0, 0.05) is 37.1 Å². The summed E-state index contributed by atoms with van der Waals surface area (Å²) in [5, 5.41) is 0.390. The topological polar surface area (TPSA) is 45.7 Å². The summed E-state index contributed by atoms with van der Waals surface area (Å²) in [5.74, 6) is -1.25. The Kier molecular flexibility index (Phi) is 6.93. The van der Waals surface area contributed by atoms with E-state index < -0.39 is 11.6 Å². The van der Waals surface area contributed by atoms with Crippen LogP contribution >= 0.6 is 23.1 Å². The maximum Gasteiger partial charge on any atom is 0.239 e. The minimum atomic E-state index is -0.716. The number of thiazole rings is 1. The van der Waals surface area contributed by atoms with Crippen LogP contribution in [0.15, 0.2) is 47.4 Å². The molecule has 0 unspecified atom stereocenters. The van der Waals surface area contributed by atoms with Gasteiger partial charge in [0.2, 0.25) is 5.91 Å². The number of carbonyl (C=O) groups excluding carboxylic acids is 1. The molecule has 1 amide bonds. The van der Waals surface area contributed by atoms with Crippen LogP contribution < -0.4 is 4.90 Å². The highest BCUT2D eigenvalue weighted by atomic mass is 32.2. The number of aromatic nitrogens is 1. The molecule has 4 rings (SSSR count). The third-order valence-corrected chi connectivity index (χ3v) is 6.81. The number of ether oxygens (including phenoxy) is 1. The Hall–Kier alpha value is -2.07. The van der Waals surface area contributed by atoms with Crippen molar-refractivity contribution in [1.82, 2.24) is 9.88 Å². The maximum atomic E-state index is 14.1. The summed E-state index contributed by atoms with van der Waals surface area (Å²) in [4.78, 5) is 22.2. The molecule has 1 saturated heterocycles. The van der Waals surface area contributed by atoms with Crippen molar-refractivity contribution in [2.75, 3.05) is 50.0 Å². The standard InChI is InChI=1S/C21H21F2N3O2S2/c22-15-12-17(23)20-18(13-15)30-21(24-20)26(7-6-25-8-10-28-11-9-25)19(27)14-29-16-4-2-1-3-5-16/h1-5,12-13H,6-11,14H2. The zero-order chi connectivity index (χ0) is 20.9. The molecule has 1 aliphatic heterocycles. The van der Waals surface area contributed by atoms with Crippen LogP contribution in [0, 0.1) is 11.6 Å². The number of nitrogens with zero attached hydrogens (tertiary/aromatic N) is 3. The van der Waals surface area contributed by atoms with E-state index in [9.17, 15) is 13.6 Å². The highest BCUT2D eigenvalue weighted by Gasteiger charge is 2.23. The second-order valence-corrected chi connectivity index (χ2v) is 8.89. The number of fused-ring (bicyclic) bond motifs is 1. The van der Waals surface area contributed by atoms with Crippen molar-refractivity contribution in [2.45, 2.75) is 4.90 Å². The van der Waals surface area contributed by atoms with Crippen molar-refractivity contribution in [3.8, 4) is 0 Å². The Morgan fingerprint density at radius 2 is 1.97 bits per heavy atom. The second kappa shape index (κ2) is 9.82. The molecular formula is C21H21F2N3O2S2. The summed E-state index contributed by atoms with van der Waals surface area (Å²) in [6.45, 7) is 4.05. The van der Waals surface area contributed by atoms with Crippen LogP contribution in [-0.4, -0.2) is 60.9 Å². The molecular weight excluding hydrogens is 428 g/mol. The SMILES string of the molecule is O=C(CSc1ccccc1)N(CCN1CCOCC1)c1nc2c(F)cc(F)cc2s1. The summed E-state index contributed by atoms with van der Waals surface area (Å²) < 4.78 is 33.5. The van der Waals surface area contributed by atoms with E-state index in [4.69, 9.17) is 4.74 Å². The average molecular weight is 450 g/mol. The lowest BCUT2D eigenvalue weighted by molar-refractivity contribution is -0.116. The van der Waals surface area contributed by atoms with E-state index in [1.165, 1.54) is 17.8 Å². The van der Waals surface area contributed by atoms with Crippen LogP contribution in [0.25, 0.3) is 10.2 Å². The molecule has 1 fully saturated rings. The van der Waals surface area contributed by atoms with Gasteiger partial charge in [-0.15, -0.1) is 11.8 Å². The minimum Gasteiger partial charge on any atom is -0.379 e. The summed E-state index contributed by atoms with van der Waals surface area (Å²) in [7, 11) is 0. The fraction of sp³-hybridized carbons (Fsp3) is 0.333. The van der Waals surface area contributed by atoms with E-state index in [1.54, 1.807) is 4.90 Å². The zero-order valence-electron chi connectivity index (χ0n) is 16.2. The number of thioether (sulfide) groups is 1. The predicted molar refractivity (Wildman–Crippen MR) is 116 cm³/mol. The van der Waals surface area contributed by atoms with Crippen molar-refractivity contribution >= 4 is 44.4 Å².